The number of hydrogen-bond donors (Lipinski definition) is 0. The molecule has 2 nitrogen and oxygen atoms in total. The Bertz CT molecular complexity index is 647. The van der Waals surface area contributed by atoms with Crippen LogP contribution in [0.25, 0.3) is 0 Å². The zero-order chi connectivity index (χ0) is 12.9. The van der Waals surface area contributed by atoms with Crippen LogP contribution in [0.4, 0.5) is 0 Å². The predicted octanol–water partition coefficient (Wildman–Crippen LogP) is 3.33. The maximum absolute atomic E-state index is 12.7. The van der Waals surface area contributed by atoms with E-state index in [4.69, 9.17) is 4.74 Å². The second-order valence-corrected chi connectivity index (χ2v) is 5.28. The average Bonchev–Trinajstić information content (AvgIpc) is 3.20. The molecule has 2 aliphatic rings. The van der Waals surface area contributed by atoms with E-state index >= 15 is 0 Å². The molecule has 94 valence electrons. The van der Waals surface area contributed by atoms with E-state index in [-0.39, 0.29) is 11.9 Å². The number of Topliss-reactive ketones (excluding diaryl/α,β-unsaturated/α-hetero) is 1. The highest BCUT2D eigenvalue weighted by atomic mass is 16.6. The van der Waals surface area contributed by atoms with Gasteiger partial charge in [-0.1, -0.05) is 54.6 Å². The van der Waals surface area contributed by atoms with Gasteiger partial charge < -0.3 is 4.74 Å². The van der Waals surface area contributed by atoms with Gasteiger partial charge in [0.15, 0.2) is 11.4 Å². The first-order chi connectivity index (χ1) is 9.31. The summed E-state index contributed by atoms with van der Waals surface area (Å²) in [6, 6.07) is 17.9. The Morgan fingerprint density at radius 3 is 2.58 bits per heavy atom. The molecular formula is C17H14O2. The number of carbonyl (C=O) groups excluding carboxylic acids is 1. The summed E-state index contributed by atoms with van der Waals surface area (Å²) in [6.45, 7) is 0. The molecule has 2 atom stereocenters. The molecule has 1 aliphatic carbocycles. The van der Waals surface area contributed by atoms with E-state index in [0.29, 0.717) is 0 Å². The van der Waals surface area contributed by atoms with Crippen molar-refractivity contribution >= 4 is 5.78 Å². The van der Waals surface area contributed by atoms with Crippen molar-refractivity contribution in [3.8, 4) is 0 Å². The maximum Gasteiger partial charge on any atom is 0.198 e. The molecule has 19 heavy (non-hydrogen) atoms. The molecule has 1 aliphatic heterocycles. The number of ketones is 1. The van der Waals surface area contributed by atoms with E-state index in [9.17, 15) is 4.79 Å². The van der Waals surface area contributed by atoms with Crippen molar-refractivity contribution < 1.29 is 9.53 Å². The Kier molecular flexibility index (Phi) is 2.18. The topological polar surface area (TPSA) is 29.6 Å². The van der Waals surface area contributed by atoms with Crippen LogP contribution in [-0.2, 0) is 11.2 Å². The van der Waals surface area contributed by atoms with Crippen LogP contribution in [0.1, 0.15) is 34.0 Å². The summed E-state index contributed by atoms with van der Waals surface area (Å²) in [5, 5.41) is 0. The highest BCUT2D eigenvalue weighted by molar-refractivity contribution is 6.07. The molecule has 0 radical (unpaired) electrons. The van der Waals surface area contributed by atoms with Crippen LogP contribution in [0.3, 0.4) is 0 Å². The summed E-state index contributed by atoms with van der Waals surface area (Å²) < 4.78 is 5.85. The van der Waals surface area contributed by atoms with Gasteiger partial charge in [-0.05, 0) is 24.0 Å². The lowest BCUT2D eigenvalue weighted by molar-refractivity contribution is 0.0850. The molecule has 0 N–H and O–H groups in total. The molecule has 1 spiro atoms. The number of carbonyl (C=O) groups is 1. The van der Waals surface area contributed by atoms with Crippen molar-refractivity contribution in [2.24, 2.45) is 0 Å². The van der Waals surface area contributed by atoms with E-state index in [1.807, 2.05) is 54.6 Å². The van der Waals surface area contributed by atoms with Crippen LogP contribution in [-0.4, -0.2) is 11.4 Å². The molecule has 2 aromatic carbocycles. The molecule has 2 aromatic rings. The summed E-state index contributed by atoms with van der Waals surface area (Å²) >= 11 is 0. The van der Waals surface area contributed by atoms with Crippen LogP contribution in [0.2, 0.25) is 0 Å². The minimum Gasteiger partial charge on any atom is -0.352 e. The van der Waals surface area contributed by atoms with Gasteiger partial charge in [-0.15, -0.1) is 0 Å². The first-order valence-electron chi connectivity index (χ1n) is 6.67. The Hall–Kier alpha value is -1.93. The van der Waals surface area contributed by atoms with Crippen molar-refractivity contribution in [2.75, 3.05) is 0 Å². The summed E-state index contributed by atoms with van der Waals surface area (Å²) in [7, 11) is 0. The molecule has 0 saturated carbocycles. The number of hydrogen-bond acceptors (Lipinski definition) is 2. The van der Waals surface area contributed by atoms with Gasteiger partial charge in [0.1, 0.15) is 6.10 Å². The molecule has 4 rings (SSSR count). The van der Waals surface area contributed by atoms with Crippen molar-refractivity contribution in [2.45, 2.75) is 24.5 Å². The summed E-state index contributed by atoms with van der Waals surface area (Å²) in [5.41, 5.74) is 2.51. The third-order valence-electron chi connectivity index (χ3n) is 4.21. The lowest BCUT2D eigenvalue weighted by Gasteiger charge is -2.20. The standard InChI is InChI=1S/C17H14O2/c18-15-14-9-5-4-6-12(14)10-11-17(15)16(19-17)13-7-2-1-3-8-13/h1-9,16H,10-11H2. The van der Waals surface area contributed by atoms with Crippen LogP contribution < -0.4 is 0 Å². The average molecular weight is 250 g/mol. The summed E-state index contributed by atoms with van der Waals surface area (Å²) in [5.74, 6) is 0.156. The number of epoxide rings is 1. The number of ether oxygens (including phenoxy) is 1. The van der Waals surface area contributed by atoms with Crippen molar-refractivity contribution in [1.82, 2.24) is 0 Å². The fraction of sp³-hybridized carbons (Fsp3) is 0.235. The van der Waals surface area contributed by atoms with Crippen LogP contribution in [0, 0.1) is 0 Å². The molecular weight excluding hydrogens is 236 g/mol. The van der Waals surface area contributed by atoms with E-state index in [2.05, 4.69) is 0 Å². The molecule has 0 aromatic heterocycles. The summed E-state index contributed by atoms with van der Waals surface area (Å²) in [6.07, 6.45) is 1.66. The van der Waals surface area contributed by atoms with Crippen LogP contribution in [0.15, 0.2) is 54.6 Å². The Balaban J connectivity index is 1.71. The van der Waals surface area contributed by atoms with Gasteiger partial charge in [0.25, 0.3) is 0 Å². The minimum absolute atomic E-state index is 0.0606. The first-order valence-corrected chi connectivity index (χ1v) is 6.67. The Morgan fingerprint density at radius 1 is 1.00 bits per heavy atom. The molecule has 1 fully saturated rings. The molecule has 1 saturated heterocycles. The molecule has 0 bridgehead atoms. The summed E-state index contributed by atoms with van der Waals surface area (Å²) in [4.78, 5) is 12.7. The number of aryl methyl sites for hydroxylation is 1. The second kappa shape index (κ2) is 3.78. The number of rotatable bonds is 1. The zero-order valence-electron chi connectivity index (χ0n) is 10.5. The highest BCUT2D eigenvalue weighted by Crippen LogP contribution is 2.56. The second-order valence-electron chi connectivity index (χ2n) is 5.28. The van der Waals surface area contributed by atoms with Gasteiger partial charge in [-0.25, -0.2) is 0 Å². The minimum atomic E-state index is -0.588. The SMILES string of the molecule is O=C1c2ccccc2CCC12OC2c1ccccc1. The van der Waals surface area contributed by atoms with Gasteiger partial charge in [0.05, 0.1) is 0 Å². The van der Waals surface area contributed by atoms with Crippen molar-refractivity contribution in [3.63, 3.8) is 0 Å². The lowest BCUT2D eigenvalue weighted by atomic mass is 9.79. The Morgan fingerprint density at radius 2 is 1.74 bits per heavy atom. The quantitative estimate of drug-likeness (QED) is 0.727. The fourth-order valence-electron chi connectivity index (χ4n) is 3.13. The molecule has 2 heteroatoms. The van der Waals surface area contributed by atoms with E-state index < -0.39 is 5.60 Å². The zero-order valence-corrected chi connectivity index (χ0v) is 10.5. The Labute approximate surface area is 112 Å². The van der Waals surface area contributed by atoms with Gasteiger partial charge in [0.2, 0.25) is 0 Å². The first kappa shape index (κ1) is 10.9. The lowest BCUT2D eigenvalue weighted by Crippen LogP contribution is -2.31. The predicted molar refractivity (Wildman–Crippen MR) is 72.1 cm³/mol. The monoisotopic (exact) mass is 250 g/mol. The number of fused-ring (bicyclic) bond motifs is 1. The van der Waals surface area contributed by atoms with Gasteiger partial charge >= 0.3 is 0 Å². The number of benzene rings is 2. The normalized spacial score (nSPS) is 28.2. The van der Waals surface area contributed by atoms with Crippen molar-refractivity contribution in [3.05, 3.63) is 71.3 Å². The van der Waals surface area contributed by atoms with E-state index in [1.165, 1.54) is 0 Å². The van der Waals surface area contributed by atoms with Crippen LogP contribution in [0.5, 0.6) is 0 Å². The van der Waals surface area contributed by atoms with Crippen molar-refractivity contribution in [1.29, 1.82) is 0 Å². The largest absolute Gasteiger partial charge is 0.352 e. The van der Waals surface area contributed by atoms with Crippen LogP contribution >= 0.6 is 0 Å². The molecule has 0 amide bonds. The maximum atomic E-state index is 12.7. The van der Waals surface area contributed by atoms with E-state index in [1.54, 1.807) is 0 Å². The smallest absolute Gasteiger partial charge is 0.198 e. The molecule has 2 unspecified atom stereocenters. The molecule has 1 heterocycles. The van der Waals surface area contributed by atoms with E-state index in [0.717, 1.165) is 29.5 Å². The fourth-order valence-corrected chi connectivity index (χ4v) is 3.13. The van der Waals surface area contributed by atoms with Gasteiger partial charge in [-0.2, -0.15) is 0 Å². The van der Waals surface area contributed by atoms with Gasteiger partial charge in [0, 0.05) is 5.56 Å². The third kappa shape index (κ3) is 1.50. The third-order valence-corrected chi connectivity index (χ3v) is 4.21. The van der Waals surface area contributed by atoms with Gasteiger partial charge in [-0.3, -0.25) is 4.79 Å². The highest BCUT2D eigenvalue weighted by Gasteiger charge is 2.63.